The summed E-state index contributed by atoms with van der Waals surface area (Å²) in [7, 11) is -6.00. The largest absolute Gasteiger partial charge is 0.673 e. The van der Waals surface area contributed by atoms with Crippen molar-refractivity contribution in [3.8, 4) is 0 Å². The zero-order chi connectivity index (χ0) is 16.0. The first-order valence-electron chi connectivity index (χ1n) is 5.59. The summed E-state index contributed by atoms with van der Waals surface area (Å²) >= 11 is 0. The average molecular weight is 312 g/mol. The summed E-state index contributed by atoms with van der Waals surface area (Å²) in [6, 6.07) is -4.13. The van der Waals surface area contributed by atoms with Crippen LogP contribution in [0.4, 0.5) is 34.8 Å². The van der Waals surface area contributed by atoms with Gasteiger partial charge in [-0.3, -0.25) is 0 Å². The molecule has 0 fully saturated rings. The lowest BCUT2D eigenvalue weighted by Crippen LogP contribution is -2.35. The molecule has 0 aliphatic rings. The van der Waals surface area contributed by atoms with Crippen LogP contribution < -0.4 is 4.57 Å². The number of hydrogen-bond donors (Lipinski definition) is 0. The third-order valence-electron chi connectivity index (χ3n) is 2.07. The minimum Gasteiger partial charge on any atom is -0.418 e. The Bertz CT molecular complexity index is 384. The first-order valence-corrected chi connectivity index (χ1v) is 5.59. The lowest BCUT2D eigenvalue weighted by atomic mass is 10.3. The molecule has 0 saturated carbocycles. The van der Waals surface area contributed by atoms with Crippen molar-refractivity contribution in [1.29, 1.82) is 0 Å². The van der Waals surface area contributed by atoms with Crippen molar-refractivity contribution in [2.75, 3.05) is 0 Å². The zero-order valence-electron chi connectivity index (χ0n) is 10.4. The summed E-state index contributed by atoms with van der Waals surface area (Å²) < 4.78 is 90.3. The second-order valence-electron chi connectivity index (χ2n) is 3.80. The van der Waals surface area contributed by atoms with Crippen LogP contribution in [0, 0.1) is 0 Å². The normalized spacial score (nSPS) is 12.3. The van der Waals surface area contributed by atoms with E-state index in [0.717, 1.165) is 25.4 Å². The van der Waals surface area contributed by atoms with Crippen LogP contribution in [0.1, 0.15) is 19.8 Å². The molecule has 118 valence electrons. The zero-order valence-corrected chi connectivity index (χ0v) is 10.4. The van der Waals surface area contributed by atoms with Crippen molar-refractivity contribution in [2.45, 2.75) is 38.8 Å². The molecular formula is C9H13BF8N2. The minimum atomic E-state index is -6.00. The summed E-state index contributed by atoms with van der Waals surface area (Å²) in [5.74, 6) is 0. The molecule has 0 N–H and O–H groups in total. The second kappa shape index (κ2) is 7.48. The number of aryl methyl sites for hydroxylation is 1. The molecule has 0 amide bonds. The lowest BCUT2D eigenvalue weighted by molar-refractivity contribution is -0.697. The van der Waals surface area contributed by atoms with Gasteiger partial charge in [-0.15, -0.1) is 0 Å². The Labute approximate surface area is 110 Å². The van der Waals surface area contributed by atoms with Crippen molar-refractivity contribution in [1.82, 2.24) is 4.57 Å². The Kier molecular flexibility index (Phi) is 7.00. The van der Waals surface area contributed by atoms with Crippen LogP contribution in [0.25, 0.3) is 0 Å². The summed E-state index contributed by atoms with van der Waals surface area (Å²) in [5.41, 5.74) is 0. The first-order chi connectivity index (χ1) is 8.98. The van der Waals surface area contributed by atoms with Crippen LogP contribution in [-0.4, -0.2) is 18.2 Å². The SMILES string of the molecule is CCCC[n+]1ccn(C(F)(F)C(F)F)c1.F[B-](F)(F)F. The molecule has 0 unspecified atom stereocenters. The Morgan fingerprint density at radius 2 is 1.70 bits per heavy atom. The van der Waals surface area contributed by atoms with E-state index in [1.54, 1.807) is 0 Å². The summed E-state index contributed by atoms with van der Waals surface area (Å²) in [5, 5.41) is 0. The molecule has 1 heterocycles. The Morgan fingerprint density at radius 1 is 1.20 bits per heavy atom. The fourth-order valence-corrected chi connectivity index (χ4v) is 1.16. The summed E-state index contributed by atoms with van der Waals surface area (Å²) in [4.78, 5) is 0. The van der Waals surface area contributed by atoms with E-state index in [9.17, 15) is 34.8 Å². The second-order valence-corrected chi connectivity index (χ2v) is 3.80. The van der Waals surface area contributed by atoms with Crippen molar-refractivity contribution in [3.63, 3.8) is 0 Å². The van der Waals surface area contributed by atoms with Gasteiger partial charge in [0.2, 0.25) is 6.33 Å². The number of nitrogens with zero attached hydrogens (tertiary/aromatic N) is 2. The minimum absolute atomic E-state index is 0.243. The van der Waals surface area contributed by atoms with Gasteiger partial charge in [0.05, 0.1) is 6.54 Å². The van der Waals surface area contributed by atoms with Gasteiger partial charge in [-0.25, -0.2) is 4.57 Å². The van der Waals surface area contributed by atoms with Gasteiger partial charge in [-0.2, -0.15) is 22.1 Å². The third-order valence-corrected chi connectivity index (χ3v) is 2.07. The average Bonchev–Trinajstić information content (AvgIpc) is 2.72. The standard InChI is InChI=1S/C9H13F4N2.BF4/c1-2-3-4-14-5-6-15(7-14)9(12,13)8(10)11;2-1(3,4)5/h5-8H,2-4H2,1H3;/q+1;-1. The van der Waals surface area contributed by atoms with E-state index in [1.807, 2.05) is 6.92 Å². The van der Waals surface area contributed by atoms with Gasteiger partial charge >= 0.3 is 19.7 Å². The molecule has 1 aromatic heterocycles. The maximum absolute atomic E-state index is 12.8. The highest BCUT2D eigenvalue weighted by Gasteiger charge is 2.48. The van der Waals surface area contributed by atoms with Crippen molar-refractivity contribution in [3.05, 3.63) is 18.7 Å². The van der Waals surface area contributed by atoms with E-state index in [2.05, 4.69) is 0 Å². The first kappa shape index (κ1) is 18.7. The van der Waals surface area contributed by atoms with E-state index < -0.39 is 19.7 Å². The van der Waals surface area contributed by atoms with Crippen LogP contribution in [0.15, 0.2) is 18.7 Å². The van der Waals surface area contributed by atoms with Gasteiger partial charge in [0.1, 0.15) is 12.4 Å². The summed E-state index contributed by atoms with van der Waals surface area (Å²) in [6.45, 7) is 2.52. The third kappa shape index (κ3) is 7.34. The number of aromatic nitrogens is 2. The predicted octanol–water partition coefficient (Wildman–Crippen LogP) is 3.69. The van der Waals surface area contributed by atoms with Gasteiger partial charge in [0.25, 0.3) is 0 Å². The molecule has 20 heavy (non-hydrogen) atoms. The summed E-state index contributed by atoms with van der Waals surface area (Å²) in [6.07, 6.45) is 1.39. The Hall–Kier alpha value is -1.29. The van der Waals surface area contributed by atoms with Crippen LogP contribution in [0.3, 0.4) is 0 Å². The molecule has 2 nitrogen and oxygen atoms in total. The predicted molar refractivity (Wildman–Crippen MR) is 55.9 cm³/mol. The van der Waals surface area contributed by atoms with Crippen molar-refractivity contribution in [2.24, 2.45) is 0 Å². The van der Waals surface area contributed by atoms with E-state index in [-0.39, 0.29) is 4.57 Å². The quantitative estimate of drug-likeness (QED) is 0.445. The van der Waals surface area contributed by atoms with Crippen LogP contribution >= 0.6 is 0 Å². The number of halogens is 8. The van der Waals surface area contributed by atoms with Crippen molar-refractivity contribution < 1.29 is 39.4 Å². The van der Waals surface area contributed by atoms with Gasteiger partial charge in [0, 0.05) is 0 Å². The van der Waals surface area contributed by atoms with Crippen molar-refractivity contribution >= 4 is 7.25 Å². The number of rotatable bonds is 5. The van der Waals surface area contributed by atoms with Gasteiger partial charge < -0.3 is 17.3 Å². The Balaban J connectivity index is 0.000000621. The molecule has 1 rings (SSSR count). The van der Waals surface area contributed by atoms with Crippen LogP contribution in [-0.2, 0) is 12.6 Å². The molecule has 0 aromatic carbocycles. The molecule has 0 atom stereocenters. The highest BCUT2D eigenvalue weighted by molar-refractivity contribution is 6.50. The van der Waals surface area contributed by atoms with E-state index >= 15 is 0 Å². The van der Waals surface area contributed by atoms with Crippen LogP contribution in [0.5, 0.6) is 0 Å². The molecule has 0 radical (unpaired) electrons. The number of alkyl halides is 4. The maximum Gasteiger partial charge on any atom is 0.673 e. The molecule has 0 aliphatic heterocycles. The number of unbranched alkanes of at least 4 members (excludes halogenated alkanes) is 1. The molecular weight excluding hydrogens is 299 g/mol. The Morgan fingerprint density at radius 3 is 2.10 bits per heavy atom. The van der Waals surface area contributed by atoms with E-state index in [1.165, 1.54) is 10.8 Å². The van der Waals surface area contributed by atoms with Gasteiger partial charge in [-0.05, 0) is 6.42 Å². The van der Waals surface area contributed by atoms with Gasteiger partial charge in [-0.1, -0.05) is 13.3 Å². The highest BCUT2D eigenvalue weighted by atomic mass is 19.5. The number of hydrogen-bond acceptors (Lipinski definition) is 0. The topological polar surface area (TPSA) is 8.81 Å². The molecule has 1 aromatic rings. The molecule has 11 heteroatoms. The highest BCUT2D eigenvalue weighted by Crippen LogP contribution is 2.27. The molecule has 0 saturated heterocycles. The maximum atomic E-state index is 12.8. The number of imidazole rings is 1. The van der Waals surface area contributed by atoms with E-state index in [0.29, 0.717) is 6.54 Å². The molecule has 0 bridgehead atoms. The monoisotopic (exact) mass is 312 g/mol. The molecule has 0 aliphatic carbocycles. The molecule has 0 spiro atoms. The smallest absolute Gasteiger partial charge is 0.418 e. The van der Waals surface area contributed by atoms with Gasteiger partial charge in [0.15, 0.2) is 0 Å². The van der Waals surface area contributed by atoms with Crippen LogP contribution in [0.2, 0.25) is 0 Å². The lowest BCUT2D eigenvalue weighted by Gasteiger charge is -2.09. The fraction of sp³-hybridized carbons (Fsp3) is 0.667. The fourth-order valence-electron chi connectivity index (χ4n) is 1.16. The van der Waals surface area contributed by atoms with E-state index in [4.69, 9.17) is 0 Å².